The highest BCUT2D eigenvalue weighted by molar-refractivity contribution is 7.91. The van der Waals surface area contributed by atoms with Gasteiger partial charge in [-0.05, 0) is 18.6 Å². The molecule has 0 aliphatic carbocycles. The van der Waals surface area contributed by atoms with Crippen LogP contribution in [0.25, 0.3) is 0 Å². The molecule has 1 aliphatic rings. The van der Waals surface area contributed by atoms with Gasteiger partial charge in [-0.25, -0.2) is 19.2 Å². The van der Waals surface area contributed by atoms with Gasteiger partial charge >= 0.3 is 0 Å². The summed E-state index contributed by atoms with van der Waals surface area (Å²) in [5.74, 6) is 5.51. The van der Waals surface area contributed by atoms with Gasteiger partial charge in [0.25, 0.3) is 5.91 Å². The Hall–Kier alpha value is -1.67. The predicted octanol–water partition coefficient (Wildman–Crippen LogP) is -0.372. The van der Waals surface area contributed by atoms with Crippen molar-refractivity contribution in [2.75, 3.05) is 30.0 Å². The number of carbonyl (C=O) groups is 1. The van der Waals surface area contributed by atoms with Gasteiger partial charge in [-0.2, -0.15) is 0 Å². The monoisotopic (exact) mass is 284 g/mol. The molecule has 7 nitrogen and oxygen atoms in total. The van der Waals surface area contributed by atoms with E-state index < -0.39 is 9.84 Å². The minimum absolute atomic E-state index is 0.00751. The maximum atomic E-state index is 12.2. The molecule has 0 atom stereocenters. The Morgan fingerprint density at radius 1 is 1.32 bits per heavy atom. The minimum atomic E-state index is -3.03. The quantitative estimate of drug-likeness (QED) is 0.567. The number of carbonyl (C=O) groups excluding carboxylic acids is 1. The fourth-order valence-corrected chi connectivity index (χ4v) is 3.21. The number of anilines is 1. The molecule has 0 unspecified atom stereocenters. The first kappa shape index (κ1) is 13.8. The lowest BCUT2D eigenvalue weighted by molar-refractivity contribution is 0.0763. The second-order valence-electron chi connectivity index (χ2n) is 4.35. The smallest absolute Gasteiger partial charge is 0.272 e. The standard InChI is InChI=1S/C11H16N4O3S/c12-14-10-4-1-3-9(13-10)11(16)15-5-2-7-19(17,18)8-6-15/h1,3-4H,2,5-8,12H2,(H,13,14). The van der Waals surface area contributed by atoms with Crippen LogP contribution >= 0.6 is 0 Å². The van der Waals surface area contributed by atoms with Crippen molar-refractivity contribution in [3.8, 4) is 0 Å². The lowest BCUT2D eigenvalue weighted by Gasteiger charge is -2.19. The summed E-state index contributed by atoms with van der Waals surface area (Å²) in [5, 5.41) is 0. The highest BCUT2D eigenvalue weighted by Crippen LogP contribution is 2.10. The molecule has 1 aliphatic heterocycles. The summed E-state index contributed by atoms with van der Waals surface area (Å²) in [5.41, 5.74) is 2.63. The number of nitrogens with zero attached hydrogens (tertiary/aromatic N) is 2. The van der Waals surface area contributed by atoms with Crippen molar-refractivity contribution in [1.29, 1.82) is 0 Å². The Bertz CT molecular complexity index is 573. The summed E-state index contributed by atoms with van der Waals surface area (Å²) in [6.07, 6.45) is 0.461. The molecule has 1 fully saturated rings. The van der Waals surface area contributed by atoms with Gasteiger partial charge in [0.15, 0.2) is 9.84 Å². The van der Waals surface area contributed by atoms with Crippen LogP contribution in [0.15, 0.2) is 18.2 Å². The van der Waals surface area contributed by atoms with Crippen LogP contribution in [0.1, 0.15) is 16.9 Å². The molecule has 0 spiro atoms. The van der Waals surface area contributed by atoms with E-state index in [1.165, 1.54) is 4.90 Å². The number of hydrazine groups is 1. The number of amides is 1. The van der Waals surface area contributed by atoms with Gasteiger partial charge in [0.1, 0.15) is 11.5 Å². The summed E-state index contributed by atoms with van der Waals surface area (Å²) in [7, 11) is -3.03. The van der Waals surface area contributed by atoms with Gasteiger partial charge in [-0.1, -0.05) is 6.07 Å². The lowest BCUT2D eigenvalue weighted by atomic mass is 10.3. The average molecular weight is 284 g/mol. The van der Waals surface area contributed by atoms with Gasteiger partial charge in [0, 0.05) is 13.1 Å². The van der Waals surface area contributed by atoms with Crippen LogP contribution in [0.2, 0.25) is 0 Å². The van der Waals surface area contributed by atoms with E-state index in [9.17, 15) is 13.2 Å². The summed E-state index contributed by atoms with van der Waals surface area (Å²) < 4.78 is 23.0. The fraction of sp³-hybridized carbons (Fsp3) is 0.455. The highest BCUT2D eigenvalue weighted by Gasteiger charge is 2.24. The molecule has 1 amide bonds. The van der Waals surface area contributed by atoms with Crippen molar-refractivity contribution in [3.05, 3.63) is 23.9 Å². The molecule has 2 rings (SSSR count). The minimum Gasteiger partial charge on any atom is -0.336 e. The Labute approximate surface area is 111 Å². The molecule has 0 aromatic carbocycles. The Morgan fingerprint density at radius 2 is 2.11 bits per heavy atom. The molecule has 19 heavy (non-hydrogen) atoms. The highest BCUT2D eigenvalue weighted by atomic mass is 32.2. The van der Waals surface area contributed by atoms with Crippen molar-refractivity contribution < 1.29 is 13.2 Å². The van der Waals surface area contributed by atoms with Crippen LogP contribution in [0, 0.1) is 0 Å². The van der Waals surface area contributed by atoms with Crippen LogP contribution in [0.4, 0.5) is 5.82 Å². The number of hydrogen-bond donors (Lipinski definition) is 2. The maximum Gasteiger partial charge on any atom is 0.272 e. The van der Waals surface area contributed by atoms with Gasteiger partial charge in [0.2, 0.25) is 0 Å². The zero-order valence-electron chi connectivity index (χ0n) is 10.4. The first-order valence-electron chi connectivity index (χ1n) is 5.95. The zero-order chi connectivity index (χ0) is 13.9. The first-order valence-corrected chi connectivity index (χ1v) is 7.77. The normalized spacial score (nSPS) is 18.7. The van der Waals surface area contributed by atoms with Crippen molar-refractivity contribution in [2.45, 2.75) is 6.42 Å². The summed E-state index contributed by atoms with van der Waals surface area (Å²) in [4.78, 5) is 17.8. The Balaban J connectivity index is 2.14. The van der Waals surface area contributed by atoms with Crippen molar-refractivity contribution in [1.82, 2.24) is 9.88 Å². The number of nitrogens with two attached hydrogens (primary N) is 1. The van der Waals surface area contributed by atoms with Gasteiger partial charge in [0.05, 0.1) is 11.5 Å². The third kappa shape index (κ3) is 3.42. The molecule has 2 heterocycles. The van der Waals surface area contributed by atoms with Gasteiger partial charge in [-0.3, -0.25) is 4.79 Å². The SMILES string of the molecule is NNc1cccc(C(=O)N2CCCS(=O)(=O)CC2)n1. The fourth-order valence-electron chi connectivity index (χ4n) is 1.94. The number of hydrogen-bond acceptors (Lipinski definition) is 6. The van der Waals surface area contributed by atoms with E-state index >= 15 is 0 Å². The van der Waals surface area contributed by atoms with E-state index in [1.54, 1.807) is 18.2 Å². The number of nitrogen functional groups attached to an aromatic ring is 1. The zero-order valence-corrected chi connectivity index (χ0v) is 11.2. The van der Waals surface area contributed by atoms with Crippen molar-refractivity contribution in [2.24, 2.45) is 5.84 Å². The molecular formula is C11H16N4O3S. The van der Waals surface area contributed by atoms with Gasteiger partial charge < -0.3 is 10.3 Å². The van der Waals surface area contributed by atoms with E-state index in [0.717, 1.165) is 0 Å². The van der Waals surface area contributed by atoms with E-state index in [-0.39, 0.29) is 29.7 Å². The van der Waals surface area contributed by atoms with Crippen molar-refractivity contribution in [3.63, 3.8) is 0 Å². The summed E-state index contributed by atoms with van der Waals surface area (Å²) in [6, 6.07) is 4.90. The predicted molar refractivity (Wildman–Crippen MR) is 71.2 cm³/mol. The van der Waals surface area contributed by atoms with E-state index in [1.807, 2.05) is 0 Å². The molecule has 8 heteroatoms. The van der Waals surface area contributed by atoms with Crippen LogP contribution in [-0.4, -0.2) is 48.8 Å². The third-order valence-electron chi connectivity index (χ3n) is 2.96. The largest absolute Gasteiger partial charge is 0.336 e. The first-order chi connectivity index (χ1) is 9.02. The van der Waals surface area contributed by atoms with Crippen LogP contribution in [0.5, 0.6) is 0 Å². The molecule has 1 aromatic heterocycles. The molecule has 3 N–H and O–H groups in total. The average Bonchev–Trinajstić information content (AvgIpc) is 2.59. The number of pyridine rings is 1. The Kier molecular flexibility index (Phi) is 4.01. The molecule has 0 radical (unpaired) electrons. The van der Waals surface area contributed by atoms with Crippen LogP contribution < -0.4 is 11.3 Å². The van der Waals surface area contributed by atoms with Crippen LogP contribution in [0.3, 0.4) is 0 Å². The molecule has 1 saturated heterocycles. The molecule has 0 bridgehead atoms. The van der Waals surface area contributed by atoms with E-state index in [4.69, 9.17) is 5.84 Å². The van der Waals surface area contributed by atoms with E-state index in [0.29, 0.717) is 18.8 Å². The van der Waals surface area contributed by atoms with Crippen LogP contribution in [-0.2, 0) is 9.84 Å². The van der Waals surface area contributed by atoms with Gasteiger partial charge in [-0.15, -0.1) is 0 Å². The second-order valence-corrected chi connectivity index (χ2v) is 6.65. The Morgan fingerprint density at radius 3 is 2.84 bits per heavy atom. The molecular weight excluding hydrogens is 268 g/mol. The molecule has 0 saturated carbocycles. The number of rotatable bonds is 2. The summed E-state index contributed by atoms with van der Waals surface area (Å²) in [6.45, 7) is 0.642. The maximum absolute atomic E-state index is 12.2. The molecule has 1 aromatic rings. The van der Waals surface area contributed by atoms with Crippen molar-refractivity contribution >= 4 is 21.6 Å². The molecule has 104 valence electrons. The van der Waals surface area contributed by atoms with E-state index in [2.05, 4.69) is 10.4 Å². The third-order valence-corrected chi connectivity index (χ3v) is 4.67. The number of aromatic nitrogens is 1. The number of sulfone groups is 1. The number of nitrogens with one attached hydrogen (secondary N) is 1. The second kappa shape index (κ2) is 5.54. The summed E-state index contributed by atoms with van der Waals surface area (Å²) >= 11 is 0. The lowest BCUT2D eigenvalue weighted by Crippen LogP contribution is -2.34. The topological polar surface area (TPSA) is 105 Å².